The highest BCUT2D eigenvalue weighted by Crippen LogP contribution is 2.05. The van der Waals surface area contributed by atoms with E-state index in [0.29, 0.717) is 6.04 Å². The molecule has 0 aliphatic rings. The number of nitrogens with one attached hydrogen (secondary N) is 1. The Bertz CT molecular complexity index is 326. The fourth-order valence-electron chi connectivity index (χ4n) is 1.84. The third kappa shape index (κ3) is 6.59. The molecule has 17 heavy (non-hydrogen) atoms. The fourth-order valence-corrected chi connectivity index (χ4v) is 2.39. The molecule has 0 saturated heterocycles. The molecule has 0 fully saturated rings. The summed E-state index contributed by atoms with van der Waals surface area (Å²) in [7, 11) is -0.660. The first-order chi connectivity index (χ1) is 8.22. The van der Waals surface area contributed by atoms with Crippen molar-refractivity contribution in [2.45, 2.75) is 32.2 Å². The van der Waals surface area contributed by atoms with Gasteiger partial charge in [-0.3, -0.25) is 4.21 Å². The maximum atomic E-state index is 10.9. The van der Waals surface area contributed by atoms with E-state index < -0.39 is 10.8 Å². The second kappa shape index (κ2) is 8.43. The van der Waals surface area contributed by atoms with Gasteiger partial charge < -0.3 is 5.32 Å². The molecular formula is C14H23NOS. The van der Waals surface area contributed by atoms with Crippen molar-refractivity contribution >= 4 is 10.8 Å². The van der Waals surface area contributed by atoms with Crippen LogP contribution in [0.15, 0.2) is 30.3 Å². The Hall–Kier alpha value is -0.670. The average molecular weight is 253 g/mol. The minimum atomic E-state index is -0.660. The van der Waals surface area contributed by atoms with Crippen molar-refractivity contribution in [1.82, 2.24) is 5.32 Å². The first kappa shape index (κ1) is 14.4. The summed E-state index contributed by atoms with van der Waals surface area (Å²) in [6.07, 6.45) is 4.96. The first-order valence-electron chi connectivity index (χ1n) is 6.29. The van der Waals surface area contributed by atoms with Crippen LogP contribution in [0.1, 0.15) is 25.3 Å². The monoisotopic (exact) mass is 253 g/mol. The molecule has 2 atom stereocenters. The second-order valence-corrected chi connectivity index (χ2v) is 5.93. The van der Waals surface area contributed by atoms with Crippen molar-refractivity contribution in [3.05, 3.63) is 35.9 Å². The van der Waals surface area contributed by atoms with Gasteiger partial charge in [0.05, 0.1) is 0 Å². The van der Waals surface area contributed by atoms with Gasteiger partial charge in [-0.1, -0.05) is 37.3 Å². The molecule has 96 valence electrons. The lowest BCUT2D eigenvalue weighted by atomic mass is 10.0. The minimum Gasteiger partial charge on any atom is -0.314 e. The van der Waals surface area contributed by atoms with Gasteiger partial charge in [-0.25, -0.2) is 0 Å². The van der Waals surface area contributed by atoms with Crippen LogP contribution in [0.2, 0.25) is 0 Å². The number of hydrogen-bond donors (Lipinski definition) is 1. The van der Waals surface area contributed by atoms with Crippen molar-refractivity contribution in [2.75, 3.05) is 18.6 Å². The van der Waals surface area contributed by atoms with Crippen LogP contribution in [0.25, 0.3) is 0 Å². The van der Waals surface area contributed by atoms with E-state index in [4.69, 9.17) is 0 Å². The summed E-state index contributed by atoms with van der Waals surface area (Å²) >= 11 is 0. The Morgan fingerprint density at radius 3 is 2.59 bits per heavy atom. The summed E-state index contributed by atoms with van der Waals surface area (Å²) in [5, 5.41) is 3.54. The lowest BCUT2D eigenvalue weighted by Gasteiger charge is -2.16. The molecule has 0 aliphatic carbocycles. The fraction of sp³-hybridized carbons (Fsp3) is 0.571. The molecular weight excluding hydrogens is 230 g/mol. The molecule has 0 heterocycles. The molecule has 0 aliphatic heterocycles. The SMILES string of the molecule is CCC(Cc1ccccc1)NCCCS(C)=O. The van der Waals surface area contributed by atoms with Crippen molar-refractivity contribution in [3.63, 3.8) is 0 Å². The standard InChI is InChI=1S/C14H23NOS/c1-3-14(15-10-7-11-17(2)16)12-13-8-5-4-6-9-13/h4-6,8-9,14-15H,3,7,10-12H2,1-2H3. The molecule has 1 aromatic carbocycles. The molecule has 1 aromatic rings. The lowest BCUT2D eigenvalue weighted by molar-refractivity contribution is 0.495. The Morgan fingerprint density at radius 2 is 2.00 bits per heavy atom. The highest BCUT2D eigenvalue weighted by Gasteiger charge is 2.06. The Morgan fingerprint density at radius 1 is 1.29 bits per heavy atom. The van der Waals surface area contributed by atoms with Crippen LogP contribution in [0.3, 0.4) is 0 Å². The molecule has 0 spiro atoms. The van der Waals surface area contributed by atoms with E-state index in [0.717, 1.165) is 31.6 Å². The quantitative estimate of drug-likeness (QED) is 0.721. The van der Waals surface area contributed by atoms with Gasteiger partial charge in [0.25, 0.3) is 0 Å². The van der Waals surface area contributed by atoms with Gasteiger partial charge in [0, 0.05) is 28.9 Å². The van der Waals surface area contributed by atoms with Gasteiger partial charge in [-0.15, -0.1) is 0 Å². The first-order valence-corrected chi connectivity index (χ1v) is 8.02. The van der Waals surface area contributed by atoms with Gasteiger partial charge in [0.15, 0.2) is 0 Å². The van der Waals surface area contributed by atoms with E-state index in [9.17, 15) is 4.21 Å². The molecule has 1 rings (SSSR count). The zero-order valence-electron chi connectivity index (χ0n) is 10.8. The van der Waals surface area contributed by atoms with Gasteiger partial charge in [-0.05, 0) is 31.4 Å². The van der Waals surface area contributed by atoms with Crippen molar-refractivity contribution in [3.8, 4) is 0 Å². The number of rotatable bonds is 8. The summed E-state index contributed by atoms with van der Waals surface area (Å²) in [6.45, 7) is 3.17. The second-order valence-electron chi connectivity index (χ2n) is 4.38. The summed E-state index contributed by atoms with van der Waals surface area (Å²) in [6, 6.07) is 11.1. The van der Waals surface area contributed by atoms with E-state index in [1.807, 2.05) is 0 Å². The molecule has 1 N–H and O–H groups in total. The molecule has 2 unspecified atom stereocenters. The van der Waals surface area contributed by atoms with Crippen molar-refractivity contribution in [2.24, 2.45) is 0 Å². The van der Waals surface area contributed by atoms with Crippen LogP contribution in [0.5, 0.6) is 0 Å². The van der Waals surface area contributed by atoms with E-state index in [2.05, 4.69) is 42.6 Å². The average Bonchev–Trinajstić information content (AvgIpc) is 2.34. The lowest BCUT2D eigenvalue weighted by Crippen LogP contribution is -2.31. The third-order valence-electron chi connectivity index (χ3n) is 2.86. The highest BCUT2D eigenvalue weighted by atomic mass is 32.2. The van der Waals surface area contributed by atoms with Crippen LogP contribution >= 0.6 is 0 Å². The van der Waals surface area contributed by atoms with Crippen molar-refractivity contribution in [1.29, 1.82) is 0 Å². The molecule has 0 aromatic heterocycles. The van der Waals surface area contributed by atoms with E-state index in [1.54, 1.807) is 6.26 Å². The zero-order chi connectivity index (χ0) is 12.5. The molecule has 0 amide bonds. The Balaban J connectivity index is 2.27. The predicted molar refractivity (Wildman–Crippen MR) is 75.8 cm³/mol. The normalized spacial score (nSPS) is 14.5. The predicted octanol–water partition coefficient (Wildman–Crippen LogP) is 2.37. The van der Waals surface area contributed by atoms with Crippen molar-refractivity contribution < 1.29 is 4.21 Å². The summed E-state index contributed by atoms with van der Waals surface area (Å²) < 4.78 is 10.9. The Kier molecular flexibility index (Phi) is 7.13. The molecule has 0 saturated carbocycles. The maximum Gasteiger partial charge on any atom is 0.0244 e. The highest BCUT2D eigenvalue weighted by molar-refractivity contribution is 7.84. The zero-order valence-corrected chi connectivity index (χ0v) is 11.6. The van der Waals surface area contributed by atoms with Crippen LogP contribution in [0, 0.1) is 0 Å². The van der Waals surface area contributed by atoms with E-state index >= 15 is 0 Å². The molecule has 2 nitrogen and oxygen atoms in total. The largest absolute Gasteiger partial charge is 0.314 e. The topological polar surface area (TPSA) is 29.1 Å². The van der Waals surface area contributed by atoms with Crippen LogP contribution in [0.4, 0.5) is 0 Å². The van der Waals surface area contributed by atoms with Gasteiger partial charge in [-0.2, -0.15) is 0 Å². The van der Waals surface area contributed by atoms with Crippen LogP contribution in [-0.2, 0) is 17.2 Å². The molecule has 0 bridgehead atoms. The third-order valence-corrected chi connectivity index (χ3v) is 3.72. The van der Waals surface area contributed by atoms with Crippen LogP contribution in [-0.4, -0.2) is 28.8 Å². The van der Waals surface area contributed by atoms with Gasteiger partial charge in [0.1, 0.15) is 0 Å². The summed E-state index contributed by atoms with van der Waals surface area (Å²) in [5.74, 6) is 0.800. The van der Waals surface area contributed by atoms with Crippen LogP contribution < -0.4 is 5.32 Å². The maximum absolute atomic E-state index is 10.9. The summed E-state index contributed by atoms with van der Waals surface area (Å²) in [4.78, 5) is 0. The van der Waals surface area contributed by atoms with Gasteiger partial charge >= 0.3 is 0 Å². The number of hydrogen-bond acceptors (Lipinski definition) is 2. The summed E-state index contributed by atoms with van der Waals surface area (Å²) in [5.41, 5.74) is 1.38. The minimum absolute atomic E-state index is 0.530. The Labute approximate surface area is 107 Å². The number of benzene rings is 1. The molecule has 0 radical (unpaired) electrons. The van der Waals surface area contributed by atoms with Gasteiger partial charge in [0.2, 0.25) is 0 Å². The molecule has 3 heteroatoms. The van der Waals surface area contributed by atoms with E-state index in [1.165, 1.54) is 5.56 Å². The van der Waals surface area contributed by atoms with E-state index in [-0.39, 0.29) is 0 Å². The smallest absolute Gasteiger partial charge is 0.0244 e.